The third kappa shape index (κ3) is 7.11. The van der Waals surface area contributed by atoms with Crippen molar-refractivity contribution >= 4 is 5.91 Å². The number of carbonyl (C=O) groups excluding carboxylic acids is 1. The fourth-order valence-electron chi connectivity index (χ4n) is 4.82. The van der Waals surface area contributed by atoms with Gasteiger partial charge < -0.3 is 15.0 Å². The SMILES string of the molecule is CC1CN(Cc2ccc(C(=O)NCc3cccc(CN4CCN(C)CC4)c3)cc2)CC(C)O1. The van der Waals surface area contributed by atoms with Gasteiger partial charge in [-0.2, -0.15) is 0 Å². The summed E-state index contributed by atoms with van der Waals surface area (Å²) in [6, 6.07) is 16.6. The molecule has 33 heavy (non-hydrogen) atoms. The lowest BCUT2D eigenvalue weighted by Gasteiger charge is -2.35. The van der Waals surface area contributed by atoms with E-state index in [0.29, 0.717) is 12.1 Å². The molecule has 1 amide bonds. The third-order valence-electron chi connectivity index (χ3n) is 6.56. The summed E-state index contributed by atoms with van der Waals surface area (Å²) in [5.41, 5.74) is 4.38. The quantitative estimate of drug-likeness (QED) is 0.703. The van der Waals surface area contributed by atoms with E-state index in [9.17, 15) is 4.79 Å². The molecule has 2 saturated heterocycles. The molecule has 2 aliphatic rings. The van der Waals surface area contributed by atoms with Gasteiger partial charge in [0.1, 0.15) is 0 Å². The van der Waals surface area contributed by atoms with Gasteiger partial charge in [0.05, 0.1) is 12.2 Å². The average Bonchev–Trinajstić information content (AvgIpc) is 2.79. The summed E-state index contributed by atoms with van der Waals surface area (Å²) in [5.74, 6) is -0.0281. The molecule has 2 atom stereocenters. The molecule has 0 aliphatic carbocycles. The van der Waals surface area contributed by atoms with E-state index >= 15 is 0 Å². The Hall–Kier alpha value is -2.25. The lowest BCUT2D eigenvalue weighted by molar-refractivity contribution is -0.0704. The zero-order valence-electron chi connectivity index (χ0n) is 20.3. The zero-order valence-corrected chi connectivity index (χ0v) is 20.3. The van der Waals surface area contributed by atoms with Crippen LogP contribution < -0.4 is 5.32 Å². The van der Waals surface area contributed by atoms with Gasteiger partial charge >= 0.3 is 0 Å². The summed E-state index contributed by atoms with van der Waals surface area (Å²) in [4.78, 5) is 20.0. The van der Waals surface area contributed by atoms with E-state index < -0.39 is 0 Å². The van der Waals surface area contributed by atoms with Gasteiger partial charge in [-0.1, -0.05) is 36.4 Å². The van der Waals surface area contributed by atoms with Crippen molar-refractivity contribution in [1.82, 2.24) is 20.0 Å². The number of carbonyl (C=O) groups is 1. The number of hydrogen-bond donors (Lipinski definition) is 1. The maximum atomic E-state index is 12.7. The number of nitrogens with zero attached hydrogens (tertiary/aromatic N) is 3. The van der Waals surface area contributed by atoms with E-state index in [1.165, 1.54) is 11.1 Å². The van der Waals surface area contributed by atoms with Crippen LogP contribution >= 0.6 is 0 Å². The van der Waals surface area contributed by atoms with Crippen molar-refractivity contribution < 1.29 is 9.53 Å². The van der Waals surface area contributed by atoms with Crippen molar-refractivity contribution in [1.29, 1.82) is 0 Å². The molecule has 1 N–H and O–H groups in total. The number of piperazine rings is 1. The molecular weight excluding hydrogens is 412 g/mol. The Morgan fingerprint density at radius 3 is 2.21 bits per heavy atom. The molecule has 178 valence electrons. The van der Waals surface area contributed by atoms with E-state index in [0.717, 1.165) is 57.9 Å². The summed E-state index contributed by atoms with van der Waals surface area (Å²) in [6.07, 6.45) is 0.526. The van der Waals surface area contributed by atoms with Crippen LogP contribution in [0.25, 0.3) is 0 Å². The maximum absolute atomic E-state index is 12.7. The number of hydrogen-bond acceptors (Lipinski definition) is 5. The zero-order chi connectivity index (χ0) is 23.2. The van der Waals surface area contributed by atoms with Crippen molar-refractivity contribution in [3.05, 3.63) is 70.8 Å². The highest BCUT2D eigenvalue weighted by molar-refractivity contribution is 5.94. The Morgan fingerprint density at radius 1 is 0.879 bits per heavy atom. The topological polar surface area (TPSA) is 48.1 Å². The standard InChI is InChI=1S/C27H38N4O2/c1-21-17-31(18-22(2)33-21)19-23-7-9-26(10-8-23)27(32)28-16-24-5-4-6-25(15-24)20-30-13-11-29(3)12-14-30/h4-10,15,21-22H,11-14,16-20H2,1-3H3,(H,28,32). The van der Waals surface area contributed by atoms with Gasteiger partial charge in [0, 0.05) is 64.5 Å². The fourth-order valence-corrected chi connectivity index (χ4v) is 4.82. The number of rotatable bonds is 7. The average molecular weight is 451 g/mol. The third-order valence-corrected chi connectivity index (χ3v) is 6.56. The summed E-state index contributed by atoms with van der Waals surface area (Å²) in [5, 5.41) is 3.08. The predicted molar refractivity (Wildman–Crippen MR) is 132 cm³/mol. The van der Waals surface area contributed by atoms with Crippen LogP contribution in [0.2, 0.25) is 0 Å². The van der Waals surface area contributed by atoms with Gasteiger partial charge in [-0.05, 0) is 49.7 Å². The number of likely N-dealkylation sites (N-methyl/N-ethyl adjacent to an activating group) is 1. The summed E-state index contributed by atoms with van der Waals surface area (Å²) in [7, 11) is 2.18. The minimum atomic E-state index is -0.0281. The first kappa shape index (κ1) is 23.9. The van der Waals surface area contributed by atoms with Crippen LogP contribution in [0.1, 0.15) is 40.9 Å². The second kappa shape index (κ2) is 11.3. The first-order chi connectivity index (χ1) is 15.9. The Labute approximate surface area is 198 Å². The molecule has 0 aromatic heterocycles. The molecule has 2 aromatic rings. The van der Waals surface area contributed by atoms with E-state index in [4.69, 9.17) is 4.74 Å². The number of morpholine rings is 1. The number of amides is 1. The Bertz CT molecular complexity index is 899. The highest BCUT2D eigenvalue weighted by Gasteiger charge is 2.22. The van der Waals surface area contributed by atoms with Crippen molar-refractivity contribution in [2.45, 2.75) is 45.7 Å². The number of benzene rings is 2. The monoisotopic (exact) mass is 450 g/mol. The molecule has 0 saturated carbocycles. The first-order valence-electron chi connectivity index (χ1n) is 12.2. The second-order valence-corrected chi connectivity index (χ2v) is 9.73. The number of ether oxygens (including phenoxy) is 1. The lowest BCUT2D eigenvalue weighted by atomic mass is 10.1. The lowest BCUT2D eigenvalue weighted by Crippen LogP contribution is -2.44. The minimum Gasteiger partial charge on any atom is -0.373 e. The molecule has 2 aromatic carbocycles. The van der Waals surface area contributed by atoms with Crippen LogP contribution in [0.15, 0.2) is 48.5 Å². The molecule has 0 radical (unpaired) electrons. The van der Waals surface area contributed by atoms with Gasteiger partial charge in [0.15, 0.2) is 0 Å². The fraction of sp³-hybridized carbons (Fsp3) is 0.519. The smallest absolute Gasteiger partial charge is 0.251 e. The molecule has 0 bridgehead atoms. The molecular formula is C27H38N4O2. The summed E-state index contributed by atoms with van der Waals surface area (Å²) in [6.45, 7) is 13.0. The van der Waals surface area contributed by atoms with E-state index in [2.05, 4.69) is 77.3 Å². The van der Waals surface area contributed by atoms with Crippen LogP contribution in [0.4, 0.5) is 0 Å². The summed E-state index contributed by atoms with van der Waals surface area (Å²) < 4.78 is 5.82. The van der Waals surface area contributed by atoms with Gasteiger partial charge in [0.2, 0.25) is 0 Å². The molecule has 6 nitrogen and oxygen atoms in total. The minimum absolute atomic E-state index is 0.0281. The van der Waals surface area contributed by atoms with E-state index in [-0.39, 0.29) is 18.1 Å². The van der Waals surface area contributed by atoms with Crippen molar-refractivity contribution in [3.63, 3.8) is 0 Å². The normalized spacial score (nSPS) is 22.9. The number of nitrogens with one attached hydrogen (secondary N) is 1. The molecule has 2 unspecified atom stereocenters. The summed E-state index contributed by atoms with van der Waals surface area (Å²) >= 11 is 0. The van der Waals surface area contributed by atoms with Crippen molar-refractivity contribution in [2.24, 2.45) is 0 Å². The van der Waals surface area contributed by atoms with Gasteiger partial charge in [-0.25, -0.2) is 0 Å². The second-order valence-electron chi connectivity index (χ2n) is 9.73. The maximum Gasteiger partial charge on any atom is 0.251 e. The largest absolute Gasteiger partial charge is 0.373 e. The van der Waals surface area contributed by atoms with Gasteiger partial charge in [-0.15, -0.1) is 0 Å². The van der Waals surface area contributed by atoms with Crippen molar-refractivity contribution in [2.75, 3.05) is 46.3 Å². The molecule has 2 fully saturated rings. The van der Waals surface area contributed by atoms with Crippen molar-refractivity contribution in [3.8, 4) is 0 Å². The Balaban J connectivity index is 1.26. The molecule has 6 heteroatoms. The van der Waals surface area contributed by atoms with E-state index in [1.807, 2.05) is 12.1 Å². The highest BCUT2D eigenvalue weighted by Crippen LogP contribution is 2.15. The molecule has 4 rings (SSSR count). The predicted octanol–water partition coefficient (Wildman–Crippen LogP) is 2.97. The molecule has 2 heterocycles. The van der Waals surface area contributed by atoms with Crippen LogP contribution in [0, 0.1) is 0 Å². The van der Waals surface area contributed by atoms with Crippen LogP contribution in [0.3, 0.4) is 0 Å². The molecule has 0 spiro atoms. The molecule has 2 aliphatic heterocycles. The Kier molecular flexibility index (Phi) is 8.15. The van der Waals surface area contributed by atoms with Crippen LogP contribution in [0.5, 0.6) is 0 Å². The van der Waals surface area contributed by atoms with Crippen LogP contribution in [-0.4, -0.2) is 79.1 Å². The highest BCUT2D eigenvalue weighted by atomic mass is 16.5. The van der Waals surface area contributed by atoms with Gasteiger partial charge in [-0.3, -0.25) is 14.6 Å². The first-order valence-corrected chi connectivity index (χ1v) is 12.2. The van der Waals surface area contributed by atoms with Gasteiger partial charge in [0.25, 0.3) is 5.91 Å². The Morgan fingerprint density at radius 2 is 1.52 bits per heavy atom. The van der Waals surface area contributed by atoms with E-state index in [1.54, 1.807) is 0 Å². The van der Waals surface area contributed by atoms with Crippen LogP contribution in [-0.2, 0) is 24.4 Å².